The minimum absolute atomic E-state index is 0.0939. The number of ether oxygens (including phenoxy) is 1. The molecular weight excluding hydrogens is 240 g/mol. The normalized spacial score (nSPS) is 22.1. The van der Waals surface area contributed by atoms with E-state index in [1.807, 2.05) is 18.2 Å². The maximum atomic E-state index is 11.1. The molecule has 1 aliphatic carbocycles. The summed E-state index contributed by atoms with van der Waals surface area (Å²) in [5, 5.41) is 6.29. The molecule has 1 aromatic carbocycles. The van der Waals surface area contributed by atoms with Crippen molar-refractivity contribution in [1.29, 1.82) is 0 Å². The van der Waals surface area contributed by atoms with E-state index in [-0.39, 0.29) is 5.91 Å². The first kappa shape index (κ1) is 13.7. The monoisotopic (exact) mass is 262 g/mol. The lowest BCUT2D eigenvalue weighted by molar-refractivity contribution is -0.114. The van der Waals surface area contributed by atoms with E-state index in [2.05, 4.69) is 17.6 Å². The highest BCUT2D eigenvalue weighted by molar-refractivity contribution is 5.90. The molecule has 0 heterocycles. The van der Waals surface area contributed by atoms with Crippen LogP contribution in [-0.2, 0) is 4.79 Å². The quantitative estimate of drug-likeness (QED) is 0.875. The minimum atomic E-state index is -0.0939. The van der Waals surface area contributed by atoms with Crippen LogP contribution < -0.4 is 15.4 Å². The molecule has 2 atom stereocenters. The van der Waals surface area contributed by atoms with E-state index in [0.29, 0.717) is 17.5 Å². The Hall–Kier alpha value is -1.71. The van der Waals surface area contributed by atoms with E-state index in [1.54, 1.807) is 7.11 Å². The van der Waals surface area contributed by atoms with E-state index in [0.717, 1.165) is 11.6 Å². The average Bonchev–Trinajstić information content (AvgIpc) is 2.76. The van der Waals surface area contributed by atoms with Crippen LogP contribution in [-0.4, -0.2) is 19.1 Å². The van der Waals surface area contributed by atoms with Crippen LogP contribution in [0.2, 0.25) is 0 Å². The van der Waals surface area contributed by atoms with E-state index in [4.69, 9.17) is 4.74 Å². The first-order valence-corrected chi connectivity index (χ1v) is 6.80. The molecule has 0 spiro atoms. The van der Waals surface area contributed by atoms with Gasteiger partial charge in [-0.3, -0.25) is 4.79 Å². The molecule has 104 valence electrons. The SMILES string of the molecule is COc1cc(NC2CCC(C)C2)ccc1NC(C)=O. The van der Waals surface area contributed by atoms with Crippen LogP contribution in [0.15, 0.2) is 18.2 Å². The number of carbonyl (C=O) groups excluding carboxylic acids is 1. The number of carbonyl (C=O) groups is 1. The molecule has 1 aromatic rings. The van der Waals surface area contributed by atoms with Crippen molar-refractivity contribution >= 4 is 17.3 Å². The average molecular weight is 262 g/mol. The number of hydrogen-bond donors (Lipinski definition) is 2. The molecule has 0 bridgehead atoms. The molecule has 2 unspecified atom stereocenters. The zero-order valence-corrected chi connectivity index (χ0v) is 11.8. The van der Waals surface area contributed by atoms with Gasteiger partial charge in [-0.15, -0.1) is 0 Å². The molecule has 4 heteroatoms. The first-order valence-electron chi connectivity index (χ1n) is 6.80. The van der Waals surface area contributed by atoms with Crippen molar-refractivity contribution in [1.82, 2.24) is 0 Å². The molecular formula is C15H22N2O2. The predicted octanol–water partition coefficient (Wildman–Crippen LogP) is 3.25. The number of nitrogens with one attached hydrogen (secondary N) is 2. The molecule has 1 aliphatic rings. The standard InChI is InChI=1S/C15H22N2O2/c1-10-4-5-12(8-10)17-13-6-7-14(16-11(2)18)15(9-13)19-3/h6-7,9-10,12,17H,4-5,8H2,1-3H3,(H,16,18). The summed E-state index contributed by atoms with van der Waals surface area (Å²) in [7, 11) is 1.61. The van der Waals surface area contributed by atoms with Gasteiger partial charge in [-0.05, 0) is 37.3 Å². The Morgan fingerprint density at radius 2 is 2.16 bits per heavy atom. The summed E-state index contributed by atoms with van der Waals surface area (Å²) in [6.07, 6.45) is 3.73. The molecule has 0 aliphatic heterocycles. The topological polar surface area (TPSA) is 50.4 Å². The number of amides is 1. The highest BCUT2D eigenvalue weighted by Crippen LogP contribution is 2.31. The second-order valence-corrected chi connectivity index (χ2v) is 5.36. The van der Waals surface area contributed by atoms with Crippen LogP contribution in [0.25, 0.3) is 0 Å². The lowest BCUT2D eigenvalue weighted by atomic mass is 10.1. The molecule has 0 saturated heterocycles. The molecule has 19 heavy (non-hydrogen) atoms. The second-order valence-electron chi connectivity index (χ2n) is 5.36. The first-order chi connectivity index (χ1) is 9.08. The van der Waals surface area contributed by atoms with Crippen LogP contribution in [0.5, 0.6) is 5.75 Å². The zero-order valence-electron chi connectivity index (χ0n) is 11.8. The molecule has 1 fully saturated rings. The van der Waals surface area contributed by atoms with E-state index in [1.165, 1.54) is 26.2 Å². The van der Waals surface area contributed by atoms with E-state index < -0.39 is 0 Å². The molecule has 4 nitrogen and oxygen atoms in total. The van der Waals surface area contributed by atoms with Crippen LogP contribution in [0, 0.1) is 5.92 Å². The molecule has 1 amide bonds. The lowest BCUT2D eigenvalue weighted by Crippen LogP contribution is -2.15. The summed E-state index contributed by atoms with van der Waals surface area (Å²) in [6, 6.07) is 6.35. The van der Waals surface area contributed by atoms with E-state index >= 15 is 0 Å². The summed E-state index contributed by atoms with van der Waals surface area (Å²) >= 11 is 0. The van der Waals surface area contributed by atoms with Gasteiger partial charge in [0.25, 0.3) is 0 Å². The van der Waals surface area contributed by atoms with Gasteiger partial charge in [0, 0.05) is 24.7 Å². The number of anilines is 2. The minimum Gasteiger partial charge on any atom is -0.494 e. The summed E-state index contributed by atoms with van der Waals surface area (Å²) in [4.78, 5) is 11.1. The van der Waals surface area contributed by atoms with Crippen LogP contribution >= 0.6 is 0 Å². The highest BCUT2D eigenvalue weighted by atomic mass is 16.5. The highest BCUT2D eigenvalue weighted by Gasteiger charge is 2.21. The summed E-state index contributed by atoms with van der Waals surface area (Å²) in [5.74, 6) is 1.40. The van der Waals surface area contributed by atoms with Gasteiger partial charge in [-0.1, -0.05) is 6.92 Å². The van der Waals surface area contributed by atoms with Crippen molar-refractivity contribution in [2.45, 2.75) is 39.2 Å². The lowest BCUT2D eigenvalue weighted by Gasteiger charge is -2.16. The maximum Gasteiger partial charge on any atom is 0.221 e. The van der Waals surface area contributed by atoms with Crippen LogP contribution in [0.1, 0.15) is 33.1 Å². The van der Waals surface area contributed by atoms with Gasteiger partial charge in [0.15, 0.2) is 0 Å². The van der Waals surface area contributed by atoms with Gasteiger partial charge in [0.05, 0.1) is 12.8 Å². The van der Waals surface area contributed by atoms with Crippen molar-refractivity contribution in [2.24, 2.45) is 5.92 Å². The van der Waals surface area contributed by atoms with Crippen LogP contribution in [0.3, 0.4) is 0 Å². The Kier molecular flexibility index (Phi) is 4.30. The summed E-state index contributed by atoms with van der Waals surface area (Å²) < 4.78 is 5.32. The van der Waals surface area contributed by atoms with Crippen molar-refractivity contribution in [3.8, 4) is 5.75 Å². The fourth-order valence-corrected chi connectivity index (χ4v) is 2.65. The summed E-state index contributed by atoms with van der Waals surface area (Å²) in [5.41, 5.74) is 1.75. The number of methoxy groups -OCH3 is 1. The fourth-order valence-electron chi connectivity index (χ4n) is 2.65. The Morgan fingerprint density at radius 3 is 2.74 bits per heavy atom. The number of benzene rings is 1. The largest absolute Gasteiger partial charge is 0.494 e. The molecule has 2 N–H and O–H groups in total. The van der Waals surface area contributed by atoms with Gasteiger partial charge in [0.2, 0.25) is 5.91 Å². The van der Waals surface area contributed by atoms with Gasteiger partial charge in [0.1, 0.15) is 5.75 Å². The zero-order chi connectivity index (χ0) is 13.8. The third-order valence-electron chi connectivity index (χ3n) is 3.58. The number of hydrogen-bond acceptors (Lipinski definition) is 3. The fraction of sp³-hybridized carbons (Fsp3) is 0.533. The Bertz CT molecular complexity index is 459. The Morgan fingerprint density at radius 1 is 1.37 bits per heavy atom. The van der Waals surface area contributed by atoms with Crippen molar-refractivity contribution < 1.29 is 9.53 Å². The van der Waals surface area contributed by atoms with Gasteiger partial charge < -0.3 is 15.4 Å². The summed E-state index contributed by atoms with van der Waals surface area (Å²) in [6.45, 7) is 3.79. The van der Waals surface area contributed by atoms with E-state index in [9.17, 15) is 4.79 Å². The smallest absolute Gasteiger partial charge is 0.221 e. The second kappa shape index (κ2) is 5.95. The molecule has 1 saturated carbocycles. The van der Waals surface area contributed by atoms with Crippen molar-refractivity contribution in [2.75, 3.05) is 17.7 Å². The third kappa shape index (κ3) is 3.63. The maximum absolute atomic E-state index is 11.1. The molecule has 0 aromatic heterocycles. The van der Waals surface area contributed by atoms with Gasteiger partial charge in [-0.25, -0.2) is 0 Å². The van der Waals surface area contributed by atoms with Crippen molar-refractivity contribution in [3.05, 3.63) is 18.2 Å². The molecule has 2 rings (SSSR count). The van der Waals surface area contributed by atoms with Crippen LogP contribution in [0.4, 0.5) is 11.4 Å². The molecule has 0 radical (unpaired) electrons. The van der Waals surface area contributed by atoms with Gasteiger partial charge in [-0.2, -0.15) is 0 Å². The number of rotatable bonds is 4. The third-order valence-corrected chi connectivity index (χ3v) is 3.58. The van der Waals surface area contributed by atoms with Crippen molar-refractivity contribution in [3.63, 3.8) is 0 Å². The Balaban J connectivity index is 2.08. The Labute approximate surface area is 114 Å². The predicted molar refractivity (Wildman–Crippen MR) is 77.7 cm³/mol. The van der Waals surface area contributed by atoms with Gasteiger partial charge >= 0.3 is 0 Å².